The summed E-state index contributed by atoms with van der Waals surface area (Å²) in [5.74, 6) is -1.13. The summed E-state index contributed by atoms with van der Waals surface area (Å²) in [7, 11) is -5.87. The summed E-state index contributed by atoms with van der Waals surface area (Å²) in [6, 6.07) is 8.50. The lowest BCUT2D eigenvalue weighted by molar-refractivity contribution is -0.154. The molecular weight excluding hydrogens is 373 g/mol. The van der Waals surface area contributed by atoms with Crippen LogP contribution in [0.3, 0.4) is 0 Å². The number of hydrogen-bond acceptors (Lipinski definition) is 5. The average Bonchev–Trinajstić information content (AvgIpc) is 2.58. The normalized spacial score (nSPS) is 13.4. The molecule has 0 saturated carbocycles. The van der Waals surface area contributed by atoms with Gasteiger partial charge in [-0.2, -0.15) is 21.6 Å². The van der Waals surface area contributed by atoms with E-state index in [2.05, 4.69) is 4.18 Å². The largest absolute Gasteiger partial charge is 0.523 e. The van der Waals surface area contributed by atoms with Gasteiger partial charge in [-0.1, -0.05) is 69.4 Å². The van der Waals surface area contributed by atoms with Crippen LogP contribution in [0, 0.1) is 0 Å². The van der Waals surface area contributed by atoms with Crippen LogP contribution in [0.1, 0.15) is 51.0 Å². The third kappa shape index (κ3) is 7.74. The highest BCUT2D eigenvalue weighted by atomic mass is 32.2. The number of rotatable bonds is 11. The van der Waals surface area contributed by atoms with Crippen molar-refractivity contribution in [2.75, 3.05) is 0 Å². The summed E-state index contributed by atoms with van der Waals surface area (Å²) in [4.78, 5) is 12.1. The Kier molecular flexibility index (Phi) is 9.07. The van der Waals surface area contributed by atoms with Gasteiger partial charge in [0.15, 0.2) is 6.10 Å². The molecule has 0 heterocycles. The second-order valence-electron chi connectivity index (χ2n) is 5.78. The summed E-state index contributed by atoms with van der Waals surface area (Å²) in [6.07, 6.45) is 1.81. The van der Waals surface area contributed by atoms with Crippen molar-refractivity contribution < 1.29 is 35.3 Å². The van der Waals surface area contributed by atoms with Gasteiger partial charge in [0.05, 0.1) is 0 Å². The van der Waals surface area contributed by atoms with Crippen LogP contribution in [0.25, 0.3) is 0 Å². The molecule has 1 unspecified atom stereocenters. The van der Waals surface area contributed by atoms with E-state index in [9.17, 15) is 26.4 Å². The van der Waals surface area contributed by atoms with Crippen LogP contribution < -0.4 is 0 Å². The quantitative estimate of drug-likeness (QED) is 0.241. The van der Waals surface area contributed by atoms with E-state index < -0.39 is 27.7 Å². The van der Waals surface area contributed by atoms with E-state index in [0.29, 0.717) is 18.4 Å². The number of alkyl halides is 3. The van der Waals surface area contributed by atoms with Crippen LogP contribution in [0.15, 0.2) is 30.3 Å². The van der Waals surface area contributed by atoms with Crippen molar-refractivity contribution in [3.63, 3.8) is 0 Å². The Labute approximate surface area is 151 Å². The Balaban J connectivity index is 2.70. The number of carbonyl (C=O) groups is 1. The molecule has 1 aromatic carbocycles. The van der Waals surface area contributed by atoms with Crippen LogP contribution >= 0.6 is 0 Å². The Morgan fingerprint density at radius 3 is 2.27 bits per heavy atom. The number of benzene rings is 1. The zero-order valence-corrected chi connectivity index (χ0v) is 15.3. The molecule has 0 saturated heterocycles. The summed E-state index contributed by atoms with van der Waals surface area (Å²) in [5, 5.41) is 0. The first-order valence-corrected chi connectivity index (χ1v) is 9.78. The fourth-order valence-electron chi connectivity index (χ4n) is 2.17. The molecule has 0 aliphatic heterocycles. The van der Waals surface area contributed by atoms with Gasteiger partial charge < -0.3 is 4.74 Å². The molecule has 0 N–H and O–H groups in total. The van der Waals surface area contributed by atoms with E-state index in [1.807, 2.05) is 6.92 Å². The van der Waals surface area contributed by atoms with Gasteiger partial charge in [-0.3, -0.25) is 0 Å². The van der Waals surface area contributed by atoms with Crippen molar-refractivity contribution in [1.29, 1.82) is 0 Å². The van der Waals surface area contributed by atoms with E-state index in [4.69, 9.17) is 4.74 Å². The second kappa shape index (κ2) is 10.5. The van der Waals surface area contributed by atoms with Gasteiger partial charge in [0, 0.05) is 0 Å². The van der Waals surface area contributed by atoms with E-state index in [-0.39, 0.29) is 13.0 Å². The second-order valence-corrected chi connectivity index (χ2v) is 7.34. The number of esters is 1. The van der Waals surface area contributed by atoms with Crippen molar-refractivity contribution in [2.45, 2.75) is 63.7 Å². The van der Waals surface area contributed by atoms with Gasteiger partial charge in [-0.05, 0) is 12.0 Å². The fourth-order valence-corrected chi connectivity index (χ4v) is 2.76. The predicted octanol–water partition coefficient (Wildman–Crippen LogP) is 4.33. The lowest BCUT2D eigenvalue weighted by atomic mass is 10.1. The first-order chi connectivity index (χ1) is 12.2. The number of hydrogen-bond donors (Lipinski definition) is 0. The first kappa shape index (κ1) is 22.4. The monoisotopic (exact) mass is 396 g/mol. The predicted molar refractivity (Wildman–Crippen MR) is 89.5 cm³/mol. The molecule has 0 aliphatic carbocycles. The van der Waals surface area contributed by atoms with Crippen molar-refractivity contribution in [3.05, 3.63) is 35.9 Å². The molecule has 5 nitrogen and oxygen atoms in total. The molecule has 1 rings (SSSR count). The zero-order chi connectivity index (χ0) is 19.6. The minimum atomic E-state index is -5.87. The topological polar surface area (TPSA) is 69.7 Å². The molecule has 0 amide bonds. The molecule has 9 heteroatoms. The average molecular weight is 396 g/mol. The van der Waals surface area contributed by atoms with Gasteiger partial charge in [0.2, 0.25) is 0 Å². The molecule has 148 valence electrons. The maximum absolute atomic E-state index is 12.5. The Morgan fingerprint density at radius 1 is 1.08 bits per heavy atom. The molecule has 0 spiro atoms. The third-order valence-electron chi connectivity index (χ3n) is 3.58. The van der Waals surface area contributed by atoms with Crippen molar-refractivity contribution in [2.24, 2.45) is 0 Å². The smallest absolute Gasteiger partial charge is 0.459 e. The molecule has 0 bridgehead atoms. The number of halogens is 3. The van der Waals surface area contributed by atoms with Gasteiger partial charge in [-0.25, -0.2) is 8.98 Å². The maximum atomic E-state index is 12.5. The van der Waals surface area contributed by atoms with Gasteiger partial charge >= 0.3 is 21.6 Å². The Bertz CT molecular complexity index is 644. The summed E-state index contributed by atoms with van der Waals surface area (Å²) >= 11 is 0. The van der Waals surface area contributed by atoms with Crippen LogP contribution in [-0.2, 0) is 30.4 Å². The van der Waals surface area contributed by atoms with E-state index in [1.165, 1.54) is 0 Å². The third-order valence-corrected chi connectivity index (χ3v) is 4.64. The Morgan fingerprint density at radius 2 is 1.69 bits per heavy atom. The minimum Gasteiger partial charge on any atom is -0.459 e. The van der Waals surface area contributed by atoms with Gasteiger partial charge in [0.1, 0.15) is 6.61 Å². The minimum absolute atomic E-state index is 0.160. The molecule has 0 radical (unpaired) electrons. The molecule has 26 heavy (non-hydrogen) atoms. The van der Waals surface area contributed by atoms with Gasteiger partial charge in [-0.15, -0.1) is 0 Å². The van der Waals surface area contributed by atoms with E-state index >= 15 is 0 Å². The lowest BCUT2D eigenvalue weighted by Gasteiger charge is -2.17. The summed E-state index contributed by atoms with van der Waals surface area (Å²) in [5.41, 5.74) is -4.96. The van der Waals surface area contributed by atoms with Crippen LogP contribution in [0.4, 0.5) is 13.2 Å². The Hall–Kier alpha value is -1.61. The molecule has 0 aromatic heterocycles. The lowest BCUT2D eigenvalue weighted by Crippen LogP contribution is -2.35. The molecule has 1 atom stereocenters. The maximum Gasteiger partial charge on any atom is 0.523 e. The van der Waals surface area contributed by atoms with Crippen LogP contribution in [-0.4, -0.2) is 26.0 Å². The number of ether oxygens (including phenoxy) is 1. The zero-order valence-electron chi connectivity index (χ0n) is 14.5. The highest BCUT2D eigenvalue weighted by molar-refractivity contribution is 7.87. The SMILES string of the molecule is CCCCCCCC(OS(=O)(=O)C(F)(F)F)C(=O)OCc1ccccc1. The first-order valence-electron chi connectivity index (χ1n) is 8.37. The van der Waals surface area contributed by atoms with Crippen molar-refractivity contribution >= 4 is 16.1 Å². The van der Waals surface area contributed by atoms with Crippen LogP contribution in [0.5, 0.6) is 0 Å². The number of carbonyl (C=O) groups excluding carboxylic acids is 1. The van der Waals surface area contributed by atoms with Crippen molar-refractivity contribution in [3.8, 4) is 0 Å². The van der Waals surface area contributed by atoms with Crippen molar-refractivity contribution in [1.82, 2.24) is 0 Å². The number of unbranched alkanes of at least 4 members (excludes halogenated alkanes) is 4. The summed E-state index contributed by atoms with van der Waals surface area (Å²) in [6.45, 7) is 1.82. The summed E-state index contributed by atoms with van der Waals surface area (Å²) < 4.78 is 69.1. The molecule has 0 fully saturated rings. The van der Waals surface area contributed by atoms with Crippen LogP contribution in [0.2, 0.25) is 0 Å². The molecule has 1 aromatic rings. The molecular formula is C17H23F3O5S. The van der Waals surface area contributed by atoms with E-state index in [0.717, 1.165) is 19.3 Å². The standard InChI is InChI=1S/C17H23F3O5S/c1-2-3-4-5-9-12-15(25-26(22,23)17(18,19)20)16(21)24-13-14-10-7-6-8-11-14/h6-8,10-11,15H,2-5,9,12-13H2,1H3. The van der Waals surface area contributed by atoms with E-state index in [1.54, 1.807) is 30.3 Å². The fraction of sp³-hybridized carbons (Fsp3) is 0.588. The highest BCUT2D eigenvalue weighted by Gasteiger charge is 2.49. The molecule has 0 aliphatic rings. The van der Waals surface area contributed by atoms with Gasteiger partial charge in [0.25, 0.3) is 0 Å². The highest BCUT2D eigenvalue weighted by Crippen LogP contribution is 2.27.